The number of benzene rings is 1. The molecule has 0 heterocycles. The molecule has 1 rings (SSSR count). The second-order valence-corrected chi connectivity index (χ2v) is 2.16. The Hall–Kier alpha value is 0.220. The van der Waals surface area contributed by atoms with Crippen LogP contribution in [0.5, 0.6) is 0 Å². The molecule has 0 saturated carbocycles. The molecule has 1 aromatic carbocycles. The topological polar surface area (TPSA) is 0 Å². The van der Waals surface area contributed by atoms with Crippen molar-refractivity contribution in [2.24, 2.45) is 0 Å². The van der Waals surface area contributed by atoms with Crippen LogP contribution in [0.2, 0.25) is 0 Å². The van der Waals surface area contributed by atoms with Crippen molar-refractivity contribution in [3.8, 4) is 0 Å². The van der Waals surface area contributed by atoms with E-state index in [9.17, 15) is 0 Å². The number of hydrogen-bond donors (Lipinski definition) is 0. The first-order valence-corrected chi connectivity index (χ1v) is 2.82. The van der Waals surface area contributed by atoms with Crippen LogP contribution in [0.1, 0.15) is 11.1 Å². The fourth-order valence-corrected chi connectivity index (χ4v) is 0.807. The molecular formula is C8H11Na. The quantitative estimate of drug-likeness (QED) is 0.468. The molecule has 0 aliphatic carbocycles. The Kier molecular flexibility index (Phi) is 4.20. The Balaban J connectivity index is 0.000000640. The van der Waals surface area contributed by atoms with Crippen molar-refractivity contribution in [2.75, 3.05) is 0 Å². The van der Waals surface area contributed by atoms with E-state index in [2.05, 4.69) is 38.1 Å². The van der Waals surface area contributed by atoms with E-state index < -0.39 is 0 Å². The monoisotopic (exact) mass is 130 g/mol. The molecule has 0 nitrogen and oxygen atoms in total. The molecule has 1 aromatic rings. The van der Waals surface area contributed by atoms with Crippen molar-refractivity contribution in [3.05, 3.63) is 35.4 Å². The number of hydrogen-bond acceptors (Lipinski definition) is 0. The molecule has 0 atom stereocenters. The van der Waals surface area contributed by atoms with Gasteiger partial charge in [0.15, 0.2) is 0 Å². The van der Waals surface area contributed by atoms with Gasteiger partial charge in [-0.05, 0) is 13.8 Å². The zero-order valence-electron chi connectivity index (χ0n) is 5.31. The molecule has 0 radical (unpaired) electrons. The SMILES string of the molecule is Cc1cccc(C)c1.[NaH]. The number of rotatable bonds is 0. The zero-order chi connectivity index (χ0) is 5.98. The standard InChI is InChI=1S/C8H10.Na.H/c1-7-4-3-5-8(2)6-7;;/h3-6H,1-2H3;;. The van der Waals surface area contributed by atoms with Crippen LogP contribution in [0.4, 0.5) is 0 Å². The third-order valence-electron chi connectivity index (χ3n) is 1.17. The summed E-state index contributed by atoms with van der Waals surface area (Å²) in [4.78, 5) is 0. The average molecular weight is 130 g/mol. The summed E-state index contributed by atoms with van der Waals surface area (Å²) in [6.07, 6.45) is 0. The van der Waals surface area contributed by atoms with Crippen LogP contribution < -0.4 is 0 Å². The predicted octanol–water partition coefficient (Wildman–Crippen LogP) is 1.65. The summed E-state index contributed by atoms with van der Waals surface area (Å²) in [6, 6.07) is 8.45. The molecule has 9 heavy (non-hydrogen) atoms. The van der Waals surface area contributed by atoms with E-state index in [1.54, 1.807) is 0 Å². The van der Waals surface area contributed by atoms with Gasteiger partial charge in [-0.25, -0.2) is 0 Å². The van der Waals surface area contributed by atoms with Crippen molar-refractivity contribution in [3.63, 3.8) is 0 Å². The summed E-state index contributed by atoms with van der Waals surface area (Å²) in [7, 11) is 0. The van der Waals surface area contributed by atoms with Crippen LogP contribution in [0.3, 0.4) is 0 Å². The van der Waals surface area contributed by atoms with Gasteiger partial charge in [0.25, 0.3) is 0 Å². The van der Waals surface area contributed by atoms with E-state index in [0.717, 1.165) is 0 Å². The molecule has 0 spiro atoms. The summed E-state index contributed by atoms with van der Waals surface area (Å²) in [5, 5.41) is 0. The van der Waals surface area contributed by atoms with Crippen molar-refractivity contribution in [1.82, 2.24) is 0 Å². The molecule has 0 bridgehead atoms. The Morgan fingerprint density at radius 2 is 1.44 bits per heavy atom. The zero-order valence-corrected chi connectivity index (χ0v) is 5.31. The second kappa shape index (κ2) is 4.10. The first-order chi connectivity index (χ1) is 3.79. The van der Waals surface area contributed by atoms with Crippen LogP contribution in [0.25, 0.3) is 0 Å². The Labute approximate surface area is 78.6 Å². The van der Waals surface area contributed by atoms with Gasteiger partial charge in [-0.15, -0.1) is 0 Å². The van der Waals surface area contributed by atoms with Gasteiger partial charge in [0, 0.05) is 0 Å². The molecule has 44 valence electrons. The minimum atomic E-state index is 0. The van der Waals surface area contributed by atoms with Crippen LogP contribution in [-0.2, 0) is 0 Å². The van der Waals surface area contributed by atoms with Gasteiger partial charge < -0.3 is 0 Å². The summed E-state index contributed by atoms with van der Waals surface area (Å²) in [5.74, 6) is 0. The van der Waals surface area contributed by atoms with E-state index >= 15 is 0 Å². The summed E-state index contributed by atoms with van der Waals surface area (Å²) in [5.41, 5.74) is 2.68. The first-order valence-electron chi connectivity index (χ1n) is 2.82. The Bertz CT molecular complexity index is 164. The van der Waals surface area contributed by atoms with Gasteiger partial charge in [-0.2, -0.15) is 0 Å². The van der Waals surface area contributed by atoms with E-state index in [0.29, 0.717) is 0 Å². The fourth-order valence-electron chi connectivity index (χ4n) is 0.807. The molecule has 0 fully saturated rings. The fraction of sp³-hybridized carbons (Fsp3) is 0.250. The molecule has 0 saturated heterocycles. The third kappa shape index (κ3) is 3.04. The molecular weight excluding hydrogens is 119 g/mol. The van der Waals surface area contributed by atoms with Gasteiger partial charge in [0.2, 0.25) is 0 Å². The van der Waals surface area contributed by atoms with Crippen LogP contribution in [0, 0.1) is 13.8 Å². The van der Waals surface area contributed by atoms with Gasteiger partial charge in [0.1, 0.15) is 0 Å². The minimum absolute atomic E-state index is 0. The molecule has 0 aliphatic rings. The van der Waals surface area contributed by atoms with Crippen molar-refractivity contribution < 1.29 is 0 Å². The van der Waals surface area contributed by atoms with E-state index in [4.69, 9.17) is 0 Å². The predicted molar refractivity (Wildman–Crippen MR) is 43.1 cm³/mol. The van der Waals surface area contributed by atoms with Crippen LogP contribution in [0.15, 0.2) is 24.3 Å². The molecule has 0 N–H and O–H groups in total. The molecule has 0 unspecified atom stereocenters. The maximum absolute atomic E-state index is 2.17. The van der Waals surface area contributed by atoms with Crippen molar-refractivity contribution in [1.29, 1.82) is 0 Å². The van der Waals surface area contributed by atoms with Crippen molar-refractivity contribution >= 4 is 29.6 Å². The van der Waals surface area contributed by atoms with Gasteiger partial charge in [-0.1, -0.05) is 35.4 Å². The molecule has 0 aromatic heterocycles. The van der Waals surface area contributed by atoms with E-state index in [1.165, 1.54) is 11.1 Å². The van der Waals surface area contributed by atoms with Crippen LogP contribution in [-0.4, -0.2) is 29.6 Å². The van der Waals surface area contributed by atoms with Gasteiger partial charge in [0.05, 0.1) is 0 Å². The molecule has 0 amide bonds. The van der Waals surface area contributed by atoms with Crippen LogP contribution >= 0.6 is 0 Å². The number of aryl methyl sites for hydroxylation is 2. The average Bonchev–Trinajstić information content (AvgIpc) is 1.64. The van der Waals surface area contributed by atoms with E-state index in [1.807, 2.05) is 0 Å². The summed E-state index contributed by atoms with van der Waals surface area (Å²) in [6.45, 7) is 4.21. The van der Waals surface area contributed by atoms with Crippen molar-refractivity contribution in [2.45, 2.75) is 13.8 Å². The van der Waals surface area contributed by atoms with Gasteiger partial charge >= 0.3 is 29.6 Å². The maximum atomic E-state index is 2.17. The Morgan fingerprint density at radius 3 is 1.67 bits per heavy atom. The normalized spacial score (nSPS) is 8.22. The third-order valence-corrected chi connectivity index (χ3v) is 1.17. The van der Waals surface area contributed by atoms with E-state index in [-0.39, 0.29) is 29.6 Å². The van der Waals surface area contributed by atoms with Gasteiger partial charge in [-0.3, -0.25) is 0 Å². The first kappa shape index (κ1) is 9.22. The molecule has 0 aliphatic heterocycles. The molecule has 1 heteroatoms. The summed E-state index contributed by atoms with van der Waals surface area (Å²) >= 11 is 0. The summed E-state index contributed by atoms with van der Waals surface area (Å²) < 4.78 is 0. The Morgan fingerprint density at radius 1 is 1.00 bits per heavy atom. The second-order valence-electron chi connectivity index (χ2n) is 2.16.